The molecule has 0 spiro atoms. The molecule has 0 aliphatic rings. The fraction of sp³-hybridized carbons (Fsp3) is 0.438. The molecule has 2 aromatic rings. The summed E-state index contributed by atoms with van der Waals surface area (Å²) in [5.74, 6) is -0.779. The average molecular weight is 332 g/mol. The van der Waals surface area contributed by atoms with Gasteiger partial charge in [0.2, 0.25) is 17.6 Å². The van der Waals surface area contributed by atoms with Crippen molar-refractivity contribution < 1.29 is 19.2 Å². The number of aryl methyl sites for hydroxylation is 1. The quantitative estimate of drug-likeness (QED) is 0.755. The Morgan fingerprint density at radius 3 is 2.67 bits per heavy atom. The molecule has 8 nitrogen and oxygen atoms in total. The molecule has 2 aromatic heterocycles. The summed E-state index contributed by atoms with van der Waals surface area (Å²) in [6.07, 6.45) is 4.24. The number of carboxylic acids is 1. The molecule has 2 heterocycles. The number of carbonyl (C=O) groups is 2. The lowest BCUT2D eigenvalue weighted by Gasteiger charge is -2.19. The fourth-order valence-corrected chi connectivity index (χ4v) is 2.12. The SMILES string of the molecule is CC[C@H](C)[C@H](NC(=O)CCc1nc(-c2ccncc2)no1)C(=O)O. The number of carboxylic acid groups (broad SMARTS) is 1. The van der Waals surface area contributed by atoms with E-state index in [4.69, 9.17) is 4.52 Å². The number of pyridine rings is 1. The van der Waals surface area contributed by atoms with Gasteiger partial charge in [-0.05, 0) is 18.1 Å². The van der Waals surface area contributed by atoms with Crippen LogP contribution in [0.25, 0.3) is 11.4 Å². The number of nitrogens with one attached hydrogen (secondary N) is 1. The molecule has 2 atom stereocenters. The van der Waals surface area contributed by atoms with Gasteiger partial charge in [-0.3, -0.25) is 9.78 Å². The number of amides is 1. The maximum Gasteiger partial charge on any atom is 0.326 e. The molecule has 0 bridgehead atoms. The third-order valence-corrected chi connectivity index (χ3v) is 3.77. The highest BCUT2D eigenvalue weighted by molar-refractivity contribution is 5.83. The van der Waals surface area contributed by atoms with Gasteiger partial charge >= 0.3 is 5.97 Å². The number of hydrogen-bond donors (Lipinski definition) is 2. The number of aromatic nitrogens is 3. The Balaban J connectivity index is 1.90. The van der Waals surface area contributed by atoms with Crippen LogP contribution in [0.4, 0.5) is 0 Å². The zero-order chi connectivity index (χ0) is 17.5. The Morgan fingerprint density at radius 1 is 1.33 bits per heavy atom. The predicted octanol–water partition coefficient (Wildman–Crippen LogP) is 1.68. The summed E-state index contributed by atoms with van der Waals surface area (Å²) in [6, 6.07) is 2.62. The minimum Gasteiger partial charge on any atom is -0.480 e. The molecule has 0 aliphatic carbocycles. The normalized spacial score (nSPS) is 13.2. The Morgan fingerprint density at radius 2 is 2.04 bits per heavy atom. The molecule has 0 aliphatic heterocycles. The van der Waals surface area contributed by atoms with Crippen LogP contribution >= 0.6 is 0 Å². The molecule has 1 amide bonds. The average Bonchev–Trinajstić information content (AvgIpc) is 3.06. The number of carbonyl (C=O) groups excluding carboxylic acids is 1. The van der Waals surface area contributed by atoms with E-state index in [-0.39, 0.29) is 24.7 Å². The van der Waals surface area contributed by atoms with Crippen molar-refractivity contribution in [1.29, 1.82) is 0 Å². The molecule has 24 heavy (non-hydrogen) atoms. The maximum atomic E-state index is 12.0. The third-order valence-electron chi connectivity index (χ3n) is 3.77. The van der Waals surface area contributed by atoms with Crippen molar-refractivity contribution in [3.63, 3.8) is 0 Å². The Bertz CT molecular complexity index is 686. The largest absolute Gasteiger partial charge is 0.480 e. The van der Waals surface area contributed by atoms with Gasteiger partial charge in [-0.2, -0.15) is 4.98 Å². The van der Waals surface area contributed by atoms with Crippen LogP contribution in [-0.2, 0) is 16.0 Å². The van der Waals surface area contributed by atoms with E-state index in [1.165, 1.54) is 0 Å². The van der Waals surface area contributed by atoms with Gasteiger partial charge in [0, 0.05) is 30.8 Å². The van der Waals surface area contributed by atoms with E-state index in [0.29, 0.717) is 18.1 Å². The van der Waals surface area contributed by atoms with E-state index in [1.807, 2.05) is 6.92 Å². The molecule has 2 rings (SSSR count). The zero-order valence-electron chi connectivity index (χ0n) is 13.6. The Labute approximate surface area is 139 Å². The molecule has 0 saturated heterocycles. The number of nitrogens with zero attached hydrogens (tertiary/aromatic N) is 3. The standard InChI is InChI=1S/C16H20N4O4/c1-3-10(2)14(16(22)23)18-12(21)4-5-13-19-15(20-24-13)11-6-8-17-9-7-11/h6-10,14H,3-5H2,1-2H3,(H,18,21)(H,22,23)/t10-,14-/m0/s1. The van der Waals surface area contributed by atoms with Gasteiger partial charge in [-0.1, -0.05) is 25.4 Å². The van der Waals surface area contributed by atoms with Crippen molar-refractivity contribution in [2.24, 2.45) is 5.92 Å². The molecule has 2 N–H and O–H groups in total. The van der Waals surface area contributed by atoms with Crippen LogP contribution in [0.3, 0.4) is 0 Å². The van der Waals surface area contributed by atoms with Gasteiger partial charge in [0.05, 0.1) is 0 Å². The maximum absolute atomic E-state index is 12.0. The zero-order valence-corrected chi connectivity index (χ0v) is 13.6. The van der Waals surface area contributed by atoms with Crippen LogP contribution in [-0.4, -0.2) is 38.1 Å². The van der Waals surface area contributed by atoms with E-state index in [1.54, 1.807) is 31.5 Å². The van der Waals surface area contributed by atoms with E-state index in [9.17, 15) is 14.7 Å². The van der Waals surface area contributed by atoms with Gasteiger partial charge in [0.1, 0.15) is 6.04 Å². The van der Waals surface area contributed by atoms with Gasteiger partial charge in [-0.25, -0.2) is 4.79 Å². The van der Waals surface area contributed by atoms with E-state index in [0.717, 1.165) is 5.56 Å². The minimum atomic E-state index is -1.03. The van der Waals surface area contributed by atoms with E-state index < -0.39 is 12.0 Å². The molecular weight excluding hydrogens is 312 g/mol. The summed E-state index contributed by atoms with van der Waals surface area (Å²) < 4.78 is 5.11. The summed E-state index contributed by atoms with van der Waals surface area (Å²) in [6.45, 7) is 3.67. The van der Waals surface area contributed by atoms with Crippen LogP contribution in [0.5, 0.6) is 0 Å². The summed E-state index contributed by atoms with van der Waals surface area (Å²) in [5, 5.41) is 15.6. The first kappa shape index (κ1) is 17.6. The van der Waals surface area contributed by atoms with Crippen LogP contribution in [0.1, 0.15) is 32.6 Å². The van der Waals surface area contributed by atoms with Crippen molar-refractivity contribution in [2.75, 3.05) is 0 Å². The molecule has 0 saturated carbocycles. The number of aliphatic carboxylic acids is 1. The lowest BCUT2D eigenvalue weighted by Crippen LogP contribution is -2.45. The highest BCUT2D eigenvalue weighted by Crippen LogP contribution is 2.15. The second kappa shape index (κ2) is 8.19. The van der Waals surface area contributed by atoms with E-state index >= 15 is 0 Å². The molecule has 0 fully saturated rings. The lowest BCUT2D eigenvalue weighted by molar-refractivity contribution is -0.143. The summed E-state index contributed by atoms with van der Waals surface area (Å²) in [5.41, 5.74) is 0.771. The summed E-state index contributed by atoms with van der Waals surface area (Å²) in [4.78, 5) is 31.3. The topological polar surface area (TPSA) is 118 Å². The van der Waals surface area contributed by atoms with Gasteiger partial charge in [0.25, 0.3) is 0 Å². The minimum absolute atomic E-state index is 0.0815. The number of rotatable bonds is 8. The highest BCUT2D eigenvalue weighted by Gasteiger charge is 2.25. The Kier molecular flexibility index (Phi) is 6.00. The van der Waals surface area contributed by atoms with Gasteiger partial charge in [-0.15, -0.1) is 0 Å². The first-order valence-corrected chi connectivity index (χ1v) is 7.76. The van der Waals surface area contributed by atoms with Crippen molar-refractivity contribution in [1.82, 2.24) is 20.4 Å². The monoisotopic (exact) mass is 332 g/mol. The summed E-state index contributed by atoms with van der Waals surface area (Å²) in [7, 11) is 0. The fourth-order valence-electron chi connectivity index (χ4n) is 2.12. The Hall–Kier alpha value is -2.77. The van der Waals surface area contributed by atoms with Crippen LogP contribution in [0, 0.1) is 5.92 Å². The summed E-state index contributed by atoms with van der Waals surface area (Å²) >= 11 is 0. The van der Waals surface area contributed by atoms with Gasteiger partial charge < -0.3 is 14.9 Å². The second-order valence-electron chi connectivity index (χ2n) is 5.52. The van der Waals surface area contributed by atoms with Gasteiger partial charge in [0.15, 0.2) is 0 Å². The van der Waals surface area contributed by atoms with Crippen molar-refractivity contribution in [2.45, 2.75) is 39.2 Å². The van der Waals surface area contributed by atoms with Crippen LogP contribution in [0.15, 0.2) is 29.0 Å². The van der Waals surface area contributed by atoms with Crippen molar-refractivity contribution in [3.8, 4) is 11.4 Å². The van der Waals surface area contributed by atoms with Crippen LogP contribution < -0.4 is 5.32 Å². The molecule has 0 radical (unpaired) electrons. The van der Waals surface area contributed by atoms with Crippen LogP contribution in [0.2, 0.25) is 0 Å². The first-order valence-electron chi connectivity index (χ1n) is 7.76. The molecule has 8 heteroatoms. The third kappa shape index (κ3) is 4.61. The molecular formula is C16H20N4O4. The lowest BCUT2D eigenvalue weighted by atomic mass is 9.99. The van der Waals surface area contributed by atoms with Crippen molar-refractivity contribution >= 4 is 11.9 Å². The molecule has 0 unspecified atom stereocenters. The van der Waals surface area contributed by atoms with E-state index in [2.05, 4.69) is 20.4 Å². The molecule has 128 valence electrons. The first-order chi connectivity index (χ1) is 11.5. The predicted molar refractivity (Wildman–Crippen MR) is 84.9 cm³/mol. The molecule has 0 aromatic carbocycles. The van der Waals surface area contributed by atoms with Crippen molar-refractivity contribution in [3.05, 3.63) is 30.4 Å². The highest BCUT2D eigenvalue weighted by atomic mass is 16.5. The second-order valence-corrected chi connectivity index (χ2v) is 5.52. The number of hydrogen-bond acceptors (Lipinski definition) is 6. The smallest absolute Gasteiger partial charge is 0.326 e.